The molecule has 33 heavy (non-hydrogen) atoms. The Kier molecular flexibility index (Phi) is 6.54. The first-order chi connectivity index (χ1) is 16.0. The molecule has 1 aromatic heterocycles. The van der Waals surface area contributed by atoms with Gasteiger partial charge in [0, 0.05) is 24.5 Å². The number of ether oxygens (including phenoxy) is 1. The van der Waals surface area contributed by atoms with Crippen LogP contribution in [0.2, 0.25) is 0 Å². The number of ketones is 1. The molecule has 0 saturated carbocycles. The maximum absolute atomic E-state index is 13.1. The summed E-state index contributed by atoms with van der Waals surface area (Å²) >= 11 is 0. The number of Topliss-reactive ketones (excluding diaryl/α,β-unsaturated/α-hetero) is 1. The molecule has 1 amide bonds. The van der Waals surface area contributed by atoms with Crippen LogP contribution < -0.4 is 4.74 Å². The largest absolute Gasteiger partial charge is 0.507 e. The van der Waals surface area contributed by atoms with E-state index in [2.05, 4.69) is 4.98 Å². The lowest BCUT2D eigenvalue weighted by Gasteiger charge is -2.25. The average Bonchev–Trinajstić information content (AvgIpc) is 3.08. The molecule has 0 spiro atoms. The molecule has 0 aliphatic carbocycles. The van der Waals surface area contributed by atoms with Crippen LogP contribution in [-0.2, 0) is 16.1 Å². The van der Waals surface area contributed by atoms with Gasteiger partial charge in [-0.05, 0) is 54.8 Å². The van der Waals surface area contributed by atoms with E-state index < -0.39 is 17.7 Å². The number of carbonyl (C=O) groups excluding carboxylic acids is 2. The van der Waals surface area contributed by atoms with Crippen molar-refractivity contribution >= 4 is 17.4 Å². The summed E-state index contributed by atoms with van der Waals surface area (Å²) in [4.78, 5) is 31.8. The van der Waals surface area contributed by atoms with E-state index in [1.54, 1.807) is 42.7 Å². The summed E-state index contributed by atoms with van der Waals surface area (Å²) in [6, 6.07) is 17.5. The van der Waals surface area contributed by atoms with Crippen LogP contribution in [0.4, 0.5) is 0 Å². The molecule has 4 rings (SSSR count). The van der Waals surface area contributed by atoms with Gasteiger partial charge < -0.3 is 14.7 Å². The van der Waals surface area contributed by atoms with Crippen LogP contribution in [0, 0.1) is 6.92 Å². The van der Waals surface area contributed by atoms with E-state index >= 15 is 0 Å². The number of rotatable bonds is 7. The molecule has 2 aromatic carbocycles. The number of aliphatic hydroxyl groups is 1. The number of nitrogens with zero attached hydrogens (tertiary/aromatic N) is 2. The van der Waals surface area contributed by atoms with Gasteiger partial charge in [0.1, 0.15) is 11.5 Å². The SMILES string of the molecule is CCCOc1ccc(C(O)=C2C(=O)C(=O)N(Cc3cccnc3)[C@H]2c2ccc(C)cc2)cc1. The van der Waals surface area contributed by atoms with E-state index in [4.69, 9.17) is 4.74 Å². The fourth-order valence-corrected chi connectivity index (χ4v) is 3.91. The first-order valence-corrected chi connectivity index (χ1v) is 11.0. The highest BCUT2D eigenvalue weighted by Gasteiger charge is 2.46. The molecule has 0 radical (unpaired) electrons. The van der Waals surface area contributed by atoms with Crippen molar-refractivity contribution in [3.63, 3.8) is 0 Å². The second-order valence-electron chi connectivity index (χ2n) is 8.07. The van der Waals surface area contributed by atoms with Crippen molar-refractivity contribution in [2.24, 2.45) is 0 Å². The van der Waals surface area contributed by atoms with Crippen LogP contribution in [0.15, 0.2) is 78.6 Å². The van der Waals surface area contributed by atoms with E-state index in [-0.39, 0.29) is 17.9 Å². The smallest absolute Gasteiger partial charge is 0.295 e. The van der Waals surface area contributed by atoms with Gasteiger partial charge in [0.15, 0.2) is 0 Å². The monoisotopic (exact) mass is 442 g/mol. The molecule has 1 aliphatic heterocycles. The number of aliphatic hydroxyl groups excluding tert-OH is 1. The Morgan fingerprint density at radius 2 is 1.79 bits per heavy atom. The van der Waals surface area contributed by atoms with Crippen molar-refractivity contribution in [2.75, 3.05) is 6.61 Å². The summed E-state index contributed by atoms with van der Waals surface area (Å²) in [5.41, 5.74) is 3.15. The van der Waals surface area contributed by atoms with Gasteiger partial charge >= 0.3 is 0 Å². The molecule has 1 fully saturated rings. The van der Waals surface area contributed by atoms with Gasteiger partial charge in [0.2, 0.25) is 0 Å². The molecular formula is C27H26N2O4. The number of carbonyl (C=O) groups is 2. The van der Waals surface area contributed by atoms with E-state index in [0.29, 0.717) is 17.9 Å². The van der Waals surface area contributed by atoms with Crippen molar-refractivity contribution < 1.29 is 19.4 Å². The molecule has 1 aliphatic rings. The third-order valence-electron chi connectivity index (χ3n) is 5.61. The van der Waals surface area contributed by atoms with Crippen molar-refractivity contribution in [1.82, 2.24) is 9.88 Å². The lowest BCUT2D eigenvalue weighted by Crippen LogP contribution is -2.29. The Labute approximate surface area is 193 Å². The lowest BCUT2D eigenvalue weighted by molar-refractivity contribution is -0.140. The maximum Gasteiger partial charge on any atom is 0.295 e. The topological polar surface area (TPSA) is 79.7 Å². The molecule has 6 nitrogen and oxygen atoms in total. The van der Waals surface area contributed by atoms with Gasteiger partial charge in [-0.25, -0.2) is 0 Å². The zero-order valence-electron chi connectivity index (χ0n) is 18.7. The van der Waals surface area contributed by atoms with E-state index in [1.165, 1.54) is 4.90 Å². The molecular weight excluding hydrogens is 416 g/mol. The summed E-state index contributed by atoms with van der Waals surface area (Å²) in [6.07, 6.45) is 4.21. The molecule has 1 atom stereocenters. The van der Waals surface area contributed by atoms with Crippen LogP contribution in [0.5, 0.6) is 5.75 Å². The highest BCUT2D eigenvalue weighted by Crippen LogP contribution is 2.40. The molecule has 1 N–H and O–H groups in total. The van der Waals surface area contributed by atoms with Gasteiger partial charge in [-0.1, -0.05) is 42.8 Å². The summed E-state index contributed by atoms with van der Waals surface area (Å²) in [6.45, 7) is 4.80. The normalized spacial score (nSPS) is 17.4. The Bertz CT molecular complexity index is 1170. The zero-order chi connectivity index (χ0) is 23.4. The van der Waals surface area contributed by atoms with Crippen LogP contribution in [0.3, 0.4) is 0 Å². The summed E-state index contributed by atoms with van der Waals surface area (Å²) in [5, 5.41) is 11.2. The standard InChI is InChI=1S/C27H26N2O4/c1-3-15-33-22-12-10-21(11-13-22)25(30)23-24(20-8-6-18(2)7-9-20)29(27(32)26(23)31)17-19-5-4-14-28-16-19/h4-14,16,24,30H,3,15,17H2,1-2H3/t24-/m0/s1. The minimum absolute atomic E-state index is 0.0787. The summed E-state index contributed by atoms with van der Waals surface area (Å²) in [5.74, 6) is -0.864. The Hall–Kier alpha value is -3.93. The fourth-order valence-electron chi connectivity index (χ4n) is 3.91. The van der Waals surface area contributed by atoms with Gasteiger partial charge in [-0.15, -0.1) is 0 Å². The van der Waals surface area contributed by atoms with Gasteiger partial charge in [-0.3, -0.25) is 14.6 Å². The van der Waals surface area contributed by atoms with Crippen LogP contribution in [-0.4, -0.2) is 33.3 Å². The van der Waals surface area contributed by atoms with Crippen molar-refractivity contribution in [3.05, 3.63) is 101 Å². The number of aromatic nitrogens is 1. The molecule has 3 aromatic rings. The molecule has 0 unspecified atom stereocenters. The number of likely N-dealkylation sites (tertiary alicyclic amines) is 1. The van der Waals surface area contributed by atoms with E-state index in [1.807, 2.05) is 44.2 Å². The maximum atomic E-state index is 13.1. The molecule has 6 heteroatoms. The third-order valence-corrected chi connectivity index (χ3v) is 5.61. The summed E-state index contributed by atoms with van der Waals surface area (Å²) in [7, 11) is 0. The van der Waals surface area contributed by atoms with Crippen molar-refractivity contribution in [3.8, 4) is 5.75 Å². The summed E-state index contributed by atoms with van der Waals surface area (Å²) < 4.78 is 5.61. The number of benzene rings is 2. The molecule has 2 heterocycles. The minimum atomic E-state index is -0.707. The highest BCUT2D eigenvalue weighted by molar-refractivity contribution is 6.46. The molecule has 0 bridgehead atoms. The lowest BCUT2D eigenvalue weighted by atomic mass is 9.94. The fraction of sp³-hybridized carbons (Fsp3) is 0.222. The van der Waals surface area contributed by atoms with Crippen LogP contribution in [0.25, 0.3) is 5.76 Å². The highest BCUT2D eigenvalue weighted by atomic mass is 16.5. The number of amides is 1. The van der Waals surface area contributed by atoms with Crippen molar-refractivity contribution in [1.29, 1.82) is 0 Å². The predicted molar refractivity (Wildman–Crippen MR) is 125 cm³/mol. The van der Waals surface area contributed by atoms with Crippen LogP contribution in [0.1, 0.15) is 41.6 Å². The van der Waals surface area contributed by atoms with Gasteiger partial charge in [0.25, 0.3) is 11.7 Å². The molecule has 168 valence electrons. The van der Waals surface area contributed by atoms with Gasteiger partial charge in [0.05, 0.1) is 18.2 Å². The third kappa shape index (κ3) is 4.65. The van der Waals surface area contributed by atoms with E-state index in [9.17, 15) is 14.7 Å². The first kappa shape index (κ1) is 22.3. The molecule has 1 saturated heterocycles. The number of aryl methyl sites for hydroxylation is 1. The Balaban J connectivity index is 1.78. The Morgan fingerprint density at radius 3 is 2.42 bits per heavy atom. The Morgan fingerprint density at radius 1 is 1.06 bits per heavy atom. The quantitative estimate of drug-likeness (QED) is 0.323. The van der Waals surface area contributed by atoms with Crippen molar-refractivity contribution in [2.45, 2.75) is 32.9 Å². The zero-order valence-corrected chi connectivity index (χ0v) is 18.7. The van der Waals surface area contributed by atoms with Crippen LogP contribution >= 0.6 is 0 Å². The second-order valence-corrected chi connectivity index (χ2v) is 8.07. The average molecular weight is 443 g/mol. The number of pyridine rings is 1. The minimum Gasteiger partial charge on any atom is -0.507 e. The van der Waals surface area contributed by atoms with Gasteiger partial charge in [-0.2, -0.15) is 0 Å². The first-order valence-electron chi connectivity index (χ1n) is 11.0. The number of hydrogen-bond donors (Lipinski definition) is 1. The van der Waals surface area contributed by atoms with E-state index in [0.717, 1.165) is 23.1 Å². The number of hydrogen-bond acceptors (Lipinski definition) is 5. The predicted octanol–water partition coefficient (Wildman–Crippen LogP) is 4.80. The second kappa shape index (κ2) is 9.69.